The molecular formula is C17H28FNO2. The van der Waals surface area contributed by atoms with Gasteiger partial charge in [-0.2, -0.15) is 0 Å². The standard InChI is InChI=1S/C17H28FNO2/c1-13(2)19-17(4,12-20)9-5-6-10-21-16-8-7-15(18)11-14(16)3/h7-8,11,13,19-20H,5-6,9-10,12H2,1-4H3. The first-order chi connectivity index (χ1) is 9.86. The molecule has 3 nitrogen and oxygen atoms in total. The zero-order chi connectivity index (χ0) is 15.9. The van der Waals surface area contributed by atoms with E-state index in [1.54, 1.807) is 6.07 Å². The lowest BCUT2D eigenvalue weighted by molar-refractivity contribution is 0.152. The van der Waals surface area contributed by atoms with Crippen molar-refractivity contribution in [1.29, 1.82) is 0 Å². The average Bonchev–Trinajstić information content (AvgIpc) is 2.40. The van der Waals surface area contributed by atoms with Gasteiger partial charge in [0.15, 0.2) is 0 Å². The molecule has 0 spiro atoms. The number of aliphatic hydroxyl groups excluding tert-OH is 1. The van der Waals surface area contributed by atoms with Crippen molar-refractivity contribution in [2.24, 2.45) is 0 Å². The summed E-state index contributed by atoms with van der Waals surface area (Å²) in [6.07, 6.45) is 2.77. The van der Waals surface area contributed by atoms with Crippen LogP contribution in [0.4, 0.5) is 4.39 Å². The maximum atomic E-state index is 13.0. The molecule has 1 rings (SSSR count). The van der Waals surface area contributed by atoms with Gasteiger partial charge in [-0.3, -0.25) is 0 Å². The van der Waals surface area contributed by atoms with Crippen LogP contribution in [0.3, 0.4) is 0 Å². The van der Waals surface area contributed by atoms with Gasteiger partial charge >= 0.3 is 0 Å². The third kappa shape index (κ3) is 6.44. The molecule has 1 aromatic rings. The van der Waals surface area contributed by atoms with Crippen LogP contribution >= 0.6 is 0 Å². The lowest BCUT2D eigenvalue weighted by Gasteiger charge is -2.31. The van der Waals surface area contributed by atoms with Crippen molar-refractivity contribution in [2.75, 3.05) is 13.2 Å². The lowest BCUT2D eigenvalue weighted by Crippen LogP contribution is -2.49. The fourth-order valence-electron chi connectivity index (χ4n) is 2.47. The number of nitrogens with one attached hydrogen (secondary N) is 1. The molecule has 0 fully saturated rings. The number of unbranched alkanes of at least 4 members (excludes halogenated alkanes) is 1. The highest BCUT2D eigenvalue weighted by molar-refractivity contribution is 5.32. The molecule has 2 N–H and O–H groups in total. The highest BCUT2D eigenvalue weighted by atomic mass is 19.1. The smallest absolute Gasteiger partial charge is 0.123 e. The van der Waals surface area contributed by atoms with E-state index in [0.29, 0.717) is 12.6 Å². The third-order valence-corrected chi connectivity index (χ3v) is 3.50. The van der Waals surface area contributed by atoms with E-state index in [2.05, 4.69) is 19.2 Å². The molecule has 0 aromatic heterocycles. The van der Waals surface area contributed by atoms with Crippen molar-refractivity contribution in [3.63, 3.8) is 0 Å². The molecule has 1 unspecified atom stereocenters. The molecule has 0 bridgehead atoms. The number of aliphatic hydroxyl groups is 1. The van der Waals surface area contributed by atoms with E-state index in [9.17, 15) is 9.50 Å². The second-order valence-corrected chi connectivity index (χ2v) is 6.23. The number of halogens is 1. The van der Waals surface area contributed by atoms with E-state index < -0.39 is 0 Å². The van der Waals surface area contributed by atoms with Gasteiger partial charge in [0.1, 0.15) is 11.6 Å². The van der Waals surface area contributed by atoms with Crippen LogP contribution in [0.5, 0.6) is 5.75 Å². The Balaban J connectivity index is 2.30. The molecule has 0 saturated carbocycles. The predicted octanol–water partition coefficient (Wildman–Crippen LogP) is 3.43. The fourth-order valence-corrected chi connectivity index (χ4v) is 2.47. The van der Waals surface area contributed by atoms with Gasteiger partial charge in [-0.1, -0.05) is 13.8 Å². The minimum absolute atomic E-state index is 0.128. The van der Waals surface area contributed by atoms with Gasteiger partial charge < -0.3 is 15.2 Å². The first-order valence-electron chi connectivity index (χ1n) is 7.64. The Labute approximate surface area is 127 Å². The van der Waals surface area contributed by atoms with Crippen LogP contribution in [0.15, 0.2) is 18.2 Å². The normalized spacial score (nSPS) is 14.2. The zero-order valence-electron chi connectivity index (χ0n) is 13.6. The Hall–Kier alpha value is -1.13. The summed E-state index contributed by atoms with van der Waals surface area (Å²) in [5, 5.41) is 12.9. The van der Waals surface area contributed by atoms with Crippen LogP contribution in [0.25, 0.3) is 0 Å². The molecule has 0 aliphatic carbocycles. The van der Waals surface area contributed by atoms with Crippen molar-refractivity contribution in [2.45, 2.75) is 58.5 Å². The van der Waals surface area contributed by atoms with Gasteiger partial charge in [0.25, 0.3) is 0 Å². The van der Waals surface area contributed by atoms with E-state index >= 15 is 0 Å². The third-order valence-electron chi connectivity index (χ3n) is 3.50. The summed E-state index contributed by atoms with van der Waals surface area (Å²) in [7, 11) is 0. The Morgan fingerprint density at radius 3 is 2.62 bits per heavy atom. The molecule has 1 atom stereocenters. The monoisotopic (exact) mass is 297 g/mol. The van der Waals surface area contributed by atoms with Gasteiger partial charge in [0, 0.05) is 11.6 Å². The fraction of sp³-hybridized carbons (Fsp3) is 0.647. The molecule has 1 aromatic carbocycles. The SMILES string of the molecule is Cc1cc(F)ccc1OCCCCC(C)(CO)NC(C)C. The molecule has 0 radical (unpaired) electrons. The Bertz CT molecular complexity index is 437. The first kappa shape index (κ1) is 17.9. The Kier molecular flexibility index (Phi) is 7.12. The van der Waals surface area contributed by atoms with Gasteiger partial charge in [-0.15, -0.1) is 0 Å². The number of hydrogen-bond donors (Lipinski definition) is 2. The lowest BCUT2D eigenvalue weighted by atomic mass is 9.95. The summed E-state index contributed by atoms with van der Waals surface area (Å²) in [6.45, 7) is 8.77. The molecule has 0 aliphatic rings. The average molecular weight is 297 g/mol. The van der Waals surface area contributed by atoms with Crippen LogP contribution in [-0.4, -0.2) is 29.9 Å². The topological polar surface area (TPSA) is 41.5 Å². The maximum Gasteiger partial charge on any atom is 0.123 e. The highest BCUT2D eigenvalue weighted by Gasteiger charge is 2.22. The van der Waals surface area contributed by atoms with Gasteiger partial charge in [0.05, 0.1) is 13.2 Å². The van der Waals surface area contributed by atoms with Crippen molar-refractivity contribution in [3.8, 4) is 5.75 Å². The second kappa shape index (κ2) is 8.35. The van der Waals surface area contributed by atoms with E-state index in [-0.39, 0.29) is 18.0 Å². The van der Waals surface area contributed by atoms with Crippen LogP contribution in [0.2, 0.25) is 0 Å². The number of aryl methyl sites for hydroxylation is 1. The van der Waals surface area contributed by atoms with E-state index in [1.807, 2.05) is 13.8 Å². The number of rotatable bonds is 9. The zero-order valence-corrected chi connectivity index (χ0v) is 13.6. The predicted molar refractivity (Wildman–Crippen MR) is 84.2 cm³/mol. The number of benzene rings is 1. The molecule has 4 heteroatoms. The van der Waals surface area contributed by atoms with Crippen LogP contribution < -0.4 is 10.1 Å². The number of ether oxygens (including phenoxy) is 1. The van der Waals surface area contributed by atoms with E-state index in [0.717, 1.165) is 30.6 Å². The van der Waals surface area contributed by atoms with Crippen molar-refractivity contribution in [3.05, 3.63) is 29.6 Å². The number of hydrogen-bond acceptors (Lipinski definition) is 3. The van der Waals surface area contributed by atoms with Crippen molar-refractivity contribution in [1.82, 2.24) is 5.32 Å². The summed E-state index contributed by atoms with van der Waals surface area (Å²) in [4.78, 5) is 0. The van der Waals surface area contributed by atoms with Crippen LogP contribution in [0.1, 0.15) is 45.6 Å². The molecule has 0 heterocycles. The Morgan fingerprint density at radius 2 is 2.05 bits per heavy atom. The van der Waals surface area contributed by atoms with Gasteiger partial charge in [-0.25, -0.2) is 4.39 Å². The van der Waals surface area contributed by atoms with E-state index in [4.69, 9.17) is 4.74 Å². The quantitative estimate of drug-likeness (QED) is 0.686. The van der Waals surface area contributed by atoms with Crippen molar-refractivity contribution < 1.29 is 14.2 Å². The summed E-state index contributed by atoms with van der Waals surface area (Å²) >= 11 is 0. The maximum absolute atomic E-state index is 13.0. The van der Waals surface area contributed by atoms with Gasteiger partial charge in [-0.05, 0) is 56.9 Å². The summed E-state index contributed by atoms with van der Waals surface area (Å²) in [6, 6.07) is 4.91. The van der Waals surface area contributed by atoms with Crippen molar-refractivity contribution >= 4 is 0 Å². The minimum Gasteiger partial charge on any atom is -0.493 e. The molecule has 0 aliphatic heterocycles. The summed E-state index contributed by atoms with van der Waals surface area (Å²) < 4.78 is 18.7. The first-order valence-corrected chi connectivity index (χ1v) is 7.64. The van der Waals surface area contributed by atoms with Crippen LogP contribution in [-0.2, 0) is 0 Å². The molecule has 21 heavy (non-hydrogen) atoms. The molecule has 0 amide bonds. The minimum atomic E-state index is -0.238. The van der Waals surface area contributed by atoms with Crippen LogP contribution in [0, 0.1) is 12.7 Å². The summed E-state index contributed by atoms with van der Waals surface area (Å²) in [5.74, 6) is 0.500. The van der Waals surface area contributed by atoms with Gasteiger partial charge in [0.2, 0.25) is 0 Å². The molecule has 0 saturated heterocycles. The summed E-state index contributed by atoms with van der Waals surface area (Å²) in [5.41, 5.74) is 0.580. The highest BCUT2D eigenvalue weighted by Crippen LogP contribution is 2.19. The molecular weight excluding hydrogens is 269 g/mol. The second-order valence-electron chi connectivity index (χ2n) is 6.23. The van der Waals surface area contributed by atoms with E-state index in [1.165, 1.54) is 12.1 Å². The molecule has 120 valence electrons. The Morgan fingerprint density at radius 1 is 1.33 bits per heavy atom. The largest absolute Gasteiger partial charge is 0.493 e.